The fourth-order valence-corrected chi connectivity index (χ4v) is 3.54. The summed E-state index contributed by atoms with van der Waals surface area (Å²) in [7, 11) is 0. The lowest BCUT2D eigenvalue weighted by Gasteiger charge is -2.18. The molecule has 0 aromatic carbocycles. The molecule has 3 N–H and O–H groups in total. The number of hydrogen-bond donors (Lipinski definition) is 3. The summed E-state index contributed by atoms with van der Waals surface area (Å²) in [6, 6.07) is 0. The van der Waals surface area contributed by atoms with Crippen molar-refractivity contribution in [2.45, 2.75) is 89.8 Å². The van der Waals surface area contributed by atoms with E-state index in [-0.39, 0.29) is 30.5 Å². The number of aliphatic hydroxyl groups excluding tert-OH is 2. The molecule has 0 unspecified atom stereocenters. The third-order valence-corrected chi connectivity index (χ3v) is 5.05. The number of carboxylic acid groups (broad SMARTS) is 1. The topological polar surface area (TPSA) is 94.8 Å². The number of ketones is 1. The highest BCUT2D eigenvalue weighted by Gasteiger charge is 2.39. The van der Waals surface area contributed by atoms with E-state index in [1.807, 2.05) is 6.08 Å². The minimum atomic E-state index is -0.763. The summed E-state index contributed by atoms with van der Waals surface area (Å²) in [6.07, 6.45) is 10.7. The van der Waals surface area contributed by atoms with Crippen LogP contribution in [0, 0.1) is 11.8 Å². The van der Waals surface area contributed by atoms with Crippen molar-refractivity contribution in [2.24, 2.45) is 11.8 Å². The molecule has 0 aliphatic heterocycles. The van der Waals surface area contributed by atoms with Crippen LogP contribution >= 0.6 is 0 Å². The molecule has 144 valence electrons. The van der Waals surface area contributed by atoms with Crippen LogP contribution < -0.4 is 0 Å². The lowest BCUT2D eigenvalue weighted by atomic mass is 9.88. The van der Waals surface area contributed by atoms with Crippen LogP contribution in [0.5, 0.6) is 0 Å². The first-order chi connectivity index (χ1) is 12.0. The lowest BCUT2D eigenvalue weighted by Crippen LogP contribution is -2.19. The molecule has 1 fully saturated rings. The van der Waals surface area contributed by atoms with Crippen LogP contribution in [0.4, 0.5) is 0 Å². The zero-order chi connectivity index (χ0) is 18.7. The van der Waals surface area contributed by atoms with E-state index >= 15 is 0 Å². The van der Waals surface area contributed by atoms with Crippen molar-refractivity contribution in [3.8, 4) is 0 Å². The van der Waals surface area contributed by atoms with Gasteiger partial charge in [-0.15, -0.1) is 0 Å². The normalized spacial score (nSPS) is 24.9. The summed E-state index contributed by atoms with van der Waals surface area (Å²) in [4.78, 5) is 22.5. The predicted octanol–water partition coefficient (Wildman–Crippen LogP) is 3.48. The fraction of sp³-hybridized carbons (Fsp3) is 0.800. The van der Waals surface area contributed by atoms with Crippen molar-refractivity contribution < 1.29 is 24.9 Å². The van der Waals surface area contributed by atoms with Gasteiger partial charge in [0.15, 0.2) is 0 Å². The first-order valence-corrected chi connectivity index (χ1v) is 9.74. The second kappa shape index (κ2) is 12.2. The molecule has 0 saturated heterocycles. The van der Waals surface area contributed by atoms with Crippen molar-refractivity contribution >= 4 is 11.8 Å². The number of carbonyl (C=O) groups is 2. The van der Waals surface area contributed by atoms with E-state index in [0.29, 0.717) is 12.8 Å². The summed E-state index contributed by atoms with van der Waals surface area (Å²) in [5.74, 6) is -0.900. The van der Waals surface area contributed by atoms with Gasteiger partial charge in [-0.1, -0.05) is 57.6 Å². The maximum atomic E-state index is 12.1. The first-order valence-electron chi connectivity index (χ1n) is 9.74. The molecule has 0 bridgehead atoms. The van der Waals surface area contributed by atoms with Crippen LogP contribution in [0.2, 0.25) is 0 Å². The van der Waals surface area contributed by atoms with Gasteiger partial charge >= 0.3 is 5.97 Å². The summed E-state index contributed by atoms with van der Waals surface area (Å²) < 4.78 is 0. The van der Waals surface area contributed by atoms with E-state index in [1.54, 1.807) is 6.08 Å². The zero-order valence-corrected chi connectivity index (χ0v) is 15.4. The van der Waals surface area contributed by atoms with Gasteiger partial charge in [0.1, 0.15) is 5.78 Å². The number of rotatable bonds is 13. The molecule has 0 aromatic rings. The number of carboxylic acids is 1. The Bertz CT molecular complexity index is 432. The number of aliphatic carboxylic acids is 1. The van der Waals surface area contributed by atoms with Gasteiger partial charge in [0.2, 0.25) is 0 Å². The largest absolute Gasteiger partial charge is 0.481 e. The van der Waals surface area contributed by atoms with Crippen molar-refractivity contribution in [1.82, 2.24) is 0 Å². The SMILES string of the molecule is CCCCC[C@H]1C(=O)C[C@@H](O)[C@H]1/C=C/[C@H](O)CCCCCCC(=O)O. The summed E-state index contributed by atoms with van der Waals surface area (Å²) in [6.45, 7) is 2.13. The Morgan fingerprint density at radius 1 is 1.20 bits per heavy atom. The summed E-state index contributed by atoms with van der Waals surface area (Å²) in [5.41, 5.74) is 0. The van der Waals surface area contributed by atoms with Crippen LogP contribution in [-0.2, 0) is 9.59 Å². The molecule has 25 heavy (non-hydrogen) atoms. The van der Waals surface area contributed by atoms with E-state index in [2.05, 4.69) is 6.92 Å². The summed E-state index contributed by atoms with van der Waals surface area (Å²) in [5, 5.41) is 28.7. The van der Waals surface area contributed by atoms with Crippen LogP contribution in [0.1, 0.15) is 77.6 Å². The average molecular weight is 354 g/mol. The second-order valence-corrected chi connectivity index (χ2v) is 7.22. The van der Waals surface area contributed by atoms with E-state index in [0.717, 1.165) is 44.9 Å². The van der Waals surface area contributed by atoms with Gasteiger partial charge in [-0.05, 0) is 19.3 Å². The molecule has 0 amide bonds. The number of Topliss-reactive ketones (excluding diaryl/α,β-unsaturated/α-hetero) is 1. The van der Waals surface area contributed by atoms with Crippen molar-refractivity contribution in [2.75, 3.05) is 0 Å². The maximum Gasteiger partial charge on any atom is 0.303 e. The number of aliphatic hydroxyl groups is 2. The van der Waals surface area contributed by atoms with Crippen LogP contribution in [-0.4, -0.2) is 39.3 Å². The van der Waals surface area contributed by atoms with Crippen LogP contribution in [0.15, 0.2) is 12.2 Å². The Hall–Kier alpha value is -1.20. The summed E-state index contributed by atoms with van der Waals surface area (Å²) >= 11 is 0. The van der Waals surface area contributed by atoms with Gasteiger partial charge in [0, 0.05) is 24.7 Å². The highest BCUT2D eigenvalue weighted by molar-refractivity contribution is 5.84. The van der Waals surface area contributed by atoms with Crippen LogP contribution in [0.3, 0.4) is 0 Å². The van der Waals surface area contributed by atoms with Crippen molar-refractivity contribution in [3.05, 3.63) is 12.2 Å². The molecule has 0 aromatic heterocycles. The average Bonchev–Trinajstić information content (AvgIpc) is 2.82. The highest BCUT2D eigenvalue weighted by Crippen LogP contribution is 2.34. The molecule has 5 heteroatoms. The van der Waals surface area contributed by atoms with Crippen molar-refractivity contribution in [1.29, 1.82) is 0 Å². The lowest BCUT2D eigenvalue weighted by molar-refractivity contribution is -0.137. The Labute approximate surface area is 151 Å². The van der Waals surface area contributed by atoms with Gasteiger partial charge in [-0.2, -0.15) is 0 Å². The molecule has 1 aliphatic carbocycles. The van der Waals surface area contributed by atoms with Crippen molar-refractivity contribution in [3.63, 3.8) is 0 Å². The third kappa shape index (κ3) is 8.63. The minimum Gasteiger partial charge on any atom is -0.481 e. The standard InChI is InChI=1S/C20H34O5/c1-2-3-6-10-16-17(19(23)14-18(16)22)13-12-15(21)9-7-4-5-8-11-20(24)25/h12-13,15-17,19,21,23H,2-11,14H2,1H3,(H,24,25)/b13-12+/t15-,16-,17+,19-/m1/s1. The second-order valence-electron chi connectivity index (χ2n) is 7.22. The molecule has 1 rings (SSSR count). The fourth-order valence-electron chi connectivity index (χ4n) is 3.54. The molecule has 5 nitrogen and oxygen atoms in total. The minimum absolute atomic E-state index is 0.110. The Kier molecular flexibility index (Phi) is 10.7. The zero-order valence-electron chi connectivity index (χ0n) is 15.4. The smallest absolute Gasteiger partial charge is 0.303 e. The first kappa shape index (κ1) is 21.8. The Balaban J connectivity index is 2.33. The van der Waals surface area contributed by atoms with E-state index in [1.165, 1.54) is 0 Å². The Morgan fingerprint density at radius 2 is 1.92 bits per heavy atom. The monoisotopic (exact) mass is 354 g/mol. The number of carbonyl (C=O) groups excluding carboxylic acids is 1. The predicted molar refractivity (Wildman–Crippen MR) is 97.2 cm³/mol. The third-order valence-electron chi connectivity index (χ3n) is 5.05. The van der Waals surface area contributed by atoms with E-state index in [9.17, 15) is 19.8 Å². The molecule has 1 aliphatic rings. The van der Waals surface area contributed by atoms with Gasteiger partial charge < -0.3 is 15.3 Å². The van der Waals surface area contributed by atoms with Gasteiger partial charge in [0.25, 0.3) is 0 Å². The van der Waals surface area contributed by atoms with E-state index in [4.69, 9.17) is 5.11 Å². The number of hydrogen-bond acceptors (Lipinski definition) is 4. The molecular formula is C20H34O5. The molecule has 0 heterocycles. The van der Waals surface area contributed by atoms with Crippen LogP contribution in [0.25, 0.3) is 0 Å². The molecule has 0 spiro atoms. The Morgan fingerprint density at radius 3 is 2.60 bits per heavy atom. The molecule has 4 atom stereocenters. The van der Waals surface area contributed by atoms with Gasteiger partial charge in [-0.25, -0.2) is 0 Å². The van der Waals surface area contributed by atoms with E-state index < -0.39 is 18.2 Å². The maximum absolute atomic E-state index is 12.1. The van der Waals surface area contributed by atoms with Gasteiger partial charge in [-0.3, -0.25) is 9.59 Å². The molecule has 0 radical (unpaired) electrons. The number of unbranched alkanes of at least 4 members (excludes halogenated alkanes) is 5. The molecular weight excluding hydrogens is 320 g/mol. The quantitative estimate of drug-likeness (QED) is 0.348. The molecule has 1 saturated carbocycles. The highest BCUT2D eigenvalue weighted by atomic mass is 16.4. The van der Waals surface area contributed by atoms with Gasteiger partial charge in [0.05, 0.1) is 12.2 Å².